The van der Waals surface area contributed by atoms with Gasteiger partial charge in [-0.05, 0) is 24.1 Å². The highest BCUT2D eigenvalue weighted by atomic mass is 16.5. The van der Waals surface area contributed by atoms with Crippen molar-refractivity contribution < 1.29 is 4.74 Å². The summed E-state index contributed by atoms with van der Waals surface area (Å²) >= 11 is 0. The summed E-state index contributed by atoms with van der Waals surface area (Å²) in [6, 6.07) is 15.6. The van der Waals surface area contributed by atoms with E-state index in [-0.39, 0.29) is 0 Å². The highest BCUT2D eigenvalue weighted by Crippen LogP contribution is 2.24. The van der Waals surface area contributed by atoms with E-state index in [4.69, 9.17) is 9.72 Å². The highest BCUT2D eigenvalue weighted by molar-refractivity contribution is 5.44. The first kappa shape index (κ1) is 15.6. The molecule has 1 saturated heterocycles. The molecule has 24 heavy (non-hydrogen) atoms. The van der Waals surface area contributed by atoms with Crippen LogP contribution in [-0.2, 0) is 24.2 Å². The van der Waals surface area contributed by atoms with Crippen molar-refractivity contribution in [3.8, 4) is 0 Å². The Morgan fingerprint density at radius 2 is 2.00 bits per heavy atom. The molecule has 0 radical (unpaired) electrons. The molecule has 4 rings (SSSR count). The second-order valence-corrected chi connectivity index (χ2v) is 6.84. The van der Waals surface area contributed by atoms with E-state index in [0.29, 0.717) is 6.04 Å². The lowest BCUT2D eigenvalue weighted by Gasteiger charge is -2.35. The van der Waals surface area contributed by atoms with Gasteiger partial charge in [-0.1, -0.05) is 36.4 Å². The van der Waals surface area contributed by atoms with Gasteiger partial charge >= 0.3 is 0 Å². The second kappa shape index (κ2) is 6.91. The molecule has 0 N–H and O–H groups in total. The van der Waals surface area contributed by atoms with Gasteiger partial charge < -0.3 is 9.64 Å². The molecule has 3 heterocycles. The molecule has 4 nitrogen and oxygen atoms in total. The lowest BCUT2D eigenvalue weighted by atomic mass is 10.0. The molecule has 2 aliphatic rings. The van der Waals surface area contributed by atoms with Crippen molar-refractivity contribution in [1.82, 2.24) is 9.88 Å². The molecular formula is C20H25N3O. The van der Waals surface area contributed by atoms with Crippen molar-refractivity contribution in [3.05, 3.63) is 59.3 Å². The maximum absolute atomic E-state index is 5.54. The number of ether oxygens (including phenoxy) is 1. The minimum atomic E-state index is 0.405. The molecular weight excluding hydrogens is 298 g/mol. The van der Waals surface area contributed by atoms with Crippen LogP contribution in [0.1, 0.15) is 23.7 Å². The molecule has 2 aliphatic heterocycles. The smallest absolute Gasteiger partial charge is 0.129 e. The Kier molecular flexibility index (Phi) is 4.50. The number of hydrogen-bond acceptors (Lipinski definition) is 4. The molecule has 0 saturated carbocycles. The van der Waals surface area contributed by atoms with Crippen LogP contribution in [0.3, 0.4) is 0 Å². The number of fused-ring (bicyclic) bond motifs is 1. The van der Waals surface area contributed by atoms with Crippen molar-refractivity contribution in [3.63, 3.8) is 0 Å². The number of morpholine rings is 1. The molecule has 1 aromatic heterocycles. The molecule has 1 atom stereocenters. The number of pyridine rings is 1. The molecule has 1 aromatic carbocycles. The fraction of sp³-hybridized carbons (Fsp3) is 0.450. The molecule has 0 bridgehead atoms. The molecule has 2 aromatic rings. The van der Waals surface area contributed by atoms with Gasteiger partial charge in [0.05, 0.1) is 19.3 Å². The Labute approximate surface area is 144 Å². The third-order valence-electron chi connectivity index (χ3n) is 5.02. The highest BCUT2D eigenvalue weighted by Gasteiger charge is 2.23. The van der Waals surface area contributed by atoms with Crippen LogP contribution in [0, 0.1) is 0 Å². The first-order valence-corrected chi connectivity index (χ1v) is 8.89. The minimum absolute atomic E-state index is 0.405. The topological polar surface area (TPSA) is 28.6 Å². The van der Waals surface area contributed by atoms with E-state index in [9.17, 15) is 0 Å². The predicted molar refractivity (Wildman–Crippen MR) is 96.1 cm³/mol. The van der Waals surface area contributed by atoms with Gasteiger partial charge in [0.15, 0.2) is 0 Å². The van der Waals surface area contributed by atoms with Crippen molar-refractivity contribution in [2.75, 3.05) is 31.2 Å². The fourth-order valence-electron chi connectivity index (χ4n) is 3.67. The minimum Gasteiger partial charge on any atom is -0.377 e. The third-order valence-corrected chi connectivity index (χ3v) is 5.02. The van der Waals surface area contributed by atoms with Crippen LogP contribution in [0.5, 0.6) is 0 Å². The third kappa shape index (κ3) is 3.30. The van der Waals surface area contributed by atoms with Crippen LogP contribution < -0.4 is 4.90 Å². The number of anilines is 1. The van der Waals surface area contributed by atoms with Gasteiger partial charge in [-0.2, -0.15) is 0 Å². The molecule has 0 aliphatic carbocycles. The van der Waals surface area contributed by atoms with E-state index in [0.717, 1.165) is 51.6 Å². The summed E-state index contributed by atoms with van der Waals surface area (Å²) in [7, 11) is 0. The lowest BCUT2D eigenvalue weighted by Crippen LogP contribution is -2.44. The Morgan fingerprint density at radius 3 is 2.83 bits per heavy atom. The van der Waals surface area contributed by atoms with E-state index in [1.165, 1.54) is 16.8 Å². The maximum atomic E-state index is 5.54. The first-order chi connectivity index (χ1) is 11.8. The zero-order valence-electron chi connectivity index (χ0n) is 14.3. The van der Waals surface area contributed by atoms with Crippen molar-refractivity contribution in [1.29, 1.82) is 0 Å². The van der Waals surface area contributed by atoms with Crippen LogP contribution in [0.15, 0.2) is 42.5 Å². The summed E-state index contributed by atoms with van der Waals surface area (Å²) < 4.78 is 5.54. The van der Waals surface area contributed by atoms with E-state index in [1.807, 2.05) is 0 Å². The van der Waals surface area contributed by atoms with Crippen molar-refractivity contribution >= 4 is 5.82 Å². The monoisotopic (exact) mass is 323 g/mol. The van der Waals surface area contributed by atoms with Crippen LogP contribution in [0.2, 0.25) is 0 Å². The van der Waals surface area contributed by atoms with Crippen LogP contribution >= 0.6 is 0 Å². The Bertz CT molecular complexity index is 689. The molecule has 0 unspecified atom stereocenters. The van der Waals surface area contributed by atoms with Crippen LogP contribution in [0.25, 0.3) is 0 Å². The zero-order chi connectivity index (χ0) is 16.4. The van der Waals surface area contributed by atoms with E-state index >= 15 is 0 Å². The number of nitrogens with zero attached hydrogens (tertiary/aromatic N) is 3. The summed E-state index contributed by atoms with van der Waals surface area (Å²) in [4.78, 5) is 9.86. The summed E-state index contributed by atoms with van der Waals surface area (Å²) in [5.74, 6) is 1.11. The zero-order valence-corrected chi connectivity index (χ0v) is 14.3. The molecule has 126 valence electrons. The van der Waals surface area contributed by atoms with Gasteiger partial charge in [0.2, 0.25) is 0 Å². The number of benzene rings is 1. The van der Waals surface area contributed by atoms with Crippen molar-refractivity contribution in [2.24, 2.45) is 0 Å². The Balaban J connectivity index is 1.47. The normalized spacial score (nSPS) is 21.5. The standard InChI is InChI=1S/C20H25N3O/c1-16-15-24-12-11-23(16)20-8-7-18-14-22(10-9-19(18)21-20)13-17-5-3-2-4-6-17/h2-8,16H,9-15H2,1H3/t16-/m1/s1. The van der Waals surface area contributed by atoms with Crippen LogP contribution in [0.4, 0.5) is 5.82 Å². The average Bonchev–Trinajstić information content (AvgIpc) is 2.63. The Morgan fingerprint density at radius 1 is 1.12 bits per heavy atom. The fourth-order valence-corrected chi connectivity index (χ4v) is 3.67. The maximum Gasteiger partial charge on any atom is 0.129 e. The average molecular weight is 323 g/mol. The predicted octanol–water partition coefficient (Wildman–Crippen LogP) is 2.87. The first-order valence-electron chi connectivity index (χ1n) is 8.89. The van der Waals surface area contributed by atoms with Gasteiger partial charge in [0, 0.05) is 38.3 Å². The second-order valence-electron chi connectivity index (χ2n) is 6.84. The molecule has 0 spiro atoms. The van der Waals surface area contributed by atoms with Gasteiger partial charge in [-0.3, -0.25) is 4.90 Å². The Hall–Kier alpha value is -1.91. The number of hydrogen-bond donors (Lipinski definition) is 0. The summed E-state index contributed by atoms with van der Waals surface area (Å²) in [6.07, 6.45) is 1.04. The van der Waals surface area contributed by atoms with Crippen LogP contribution in [-0.4, -0.2) is 42.2 Å². The van der Waals surface area contributed by atoms with Gasteiger partial charge in [-0.25, -0.2) is 4.98 Å². The summed E-state index contributed by atoms with van der Waals surface area (Å²) in [5, 5.41) is 0. The summed E-state index contributed by atoms with van der Waals surface area (Å²) in [5.41, 5.74) is 4.03. The molecule has 1 fully saturated rings. The van der Waals surface area contributed by atoms with E-state index < -0.39 is 0 Å². The van der Waals surface area contributed by atoms with E-state index in [2.05, 4.69) is 59.2 Å². The SMILES string of the molecule is C[C@@H]1COCCN1c1ccc2c(n1)CCN(Cc1ccccc1)C2. The lowest BCUT2D eigenvalue weighted by molar-refractivity contribution is 0.0985. The largest absolute Gasteiger partial charge is 0.377 e. The van der Waals surface area contributed by atoms with E-state index in [1.54, 1.807) is 0 Å². The quantitative estimate of drug-likeness (QED) is 0.868. The van der Waals surface area contributed by atoms with Gasteiger partial charge in [-0.15, -0.1) is 0 Å². The van der Waals surface area contributed by atoms with Gasteiger partial charge in [0.25, 0.3) is 0 Å². The summed E-state index contributed by atoms with van der Waals surface area (Å²) in [6.45, 7) is 7.84. The van der Waals surface area contributed by atoms with Crippen molar-refractivity contribution in [2.45, 2.75) is 32.5 Å². The molecule has 0 amide bonds. The number of rotatable bonds is 3. The number of aromatic nitrogens is 1. The van der Waals surface area contributed by atoms with Gasteiger partial charge in [0.1, 0.15) is 5.82 Å². The molecule has 4 heteroatoms.